The Morgan fingerprint density at radius 2 is 1.96 bits per heavy atom. The molecule has 1 N–H and O–H groups in total. The number of rotatable bonds is 4. The fraction of sp³-hybridized carbons (Fsp3) is 0.412. The van der Waals surface area contributed by atoms with Gasteiger partial charge in [-0.3, -0.25) is 0 Å². The van der Waals surface area contributed by atoms with Crippen molar-refractivity contribution in [2.45, 2.75) is 25.8 Å². The molecule has 7 heteroatoms. The van der Waals surface area contributed by atoms with E-state index in [1.165, 1.54) is 0 Å². The van der Waals surface area contributed by atoms with Gasteiger partial charge >= 0.3 is 6.03 Å². The normalized spacial score (nSPS) is 17.0. The maximum atomic E-state index is 12.7. The Hall–Kier alpha value is -2.70. The first-order valence-corrected chi connectivity index (χ1v) is 7.84. The Morgan fingerprint density at radius 3 is 2.54 bits per heavy atom. The molecule has 24 heavy (non-hydrogen) atoms. The highest BCUT2D eigenvalue weighted by Gasteiger charge is 2.32. The van der Waals surface area contributed by atoms with Crippen LogP contribution in [0.1, 0.15) is 30.3 Å². The van der Waals surface area contributed by atoms with Crippen LogP contribution < -0.4 is 14.8 Å². The Kier molecular flexibility index (Phi) is 4.59. The number of carbonyl (C=O) groups is 1. The molecule has 128 valence electrons. The Labute approximate surface area is 140 Å². The van der Waals surface area contributed by atoms with E-state index >= 15 is 0 Å². The van der Waals surface area contributed by atoms with Crippen molar-refractivity contribution >= 4 is 11.7 Å². The van der Waals surface area contributed by atoms with Crippen LogP contribution in [0.5, 0.6) is 11.5 Å². The van der Waals surface area contributed by atoms with E-state index in [2.05, 4.69) is 10.5 Å². The van der Waals surface area contributed by atoms with E-state index < -0.39 is 0 Å². The molecular weight excluding hydrogens is 310 g/mol. The van der Waals surface area contributed by atoms with Crippen molar-refractivity contribution in [3.05, 3.63) is 35.7 Å². The molecule has 1 aromatic carbocycles. The number of ether oxygens (including phenoxy) is 2. The van der Waals surface area contributed by atoms with Crippen LogP contribution in [0.3, 0.4) is 0 Å². The summed E-state index contributed by atoms with van der Waals surface area (Å²) in [5, 5.41) is 6.82. The van der Waals surface area contributed by atoms with Gasteiger partial charge < -0.3 is 24.2 Å². The summed E-state index contributed by atoms with van der Waals surface area (Å²) in [7, 11) is 3.15. The van der Waals surface area contributed by atoms with E-state index in [0.717, 1.165) is 24.3 Å². The predicted molar refractivity (Wildman–Crippen MR) is 88.5 cm³/mol. The smallest absolute Gasteiger partial charge is 0.322 e. The molecule has 1 fully saturated rings. The third-order valence-electron chi connectivity index (χ3n) is 4.09. The number of likely N-dealkylation sites (tertiary alicyclic amines) is 1. The zero-order valence-corrected chi connectivity index (χ0v) is 14.0. The zero-order valence-electron chi connectivity index (χ0n) is 14.0. The van der Waals surface area contributed by atoms with Crippen molar-refractivity contribution in [2.24, 2.45) is 0 Å². The Bertz CT molecular complexity index is 706. The second-order valence-electron chi connectivity index (χ2n) is 5.75. The molecule has 7 nitrogen and oxygen atoms in total. The molecule has 0 spiro atoms. The van der Waals surface area contributed by atoms with Crippen LogP contribution in [0.25, 0.3) is 0 Å². The van der Waals surface area contributed by atoms with E-state index in [1.54, 1.807) is 37.3 Å². The largest absolute Gasteiger partial charge is 0.497 e. The van der Waals surface area contributed by atoms with Crippen LogP contribution >= 0.6 is 0 Å². The van der Waals surface area contributed by atoms with Gasteiger partial charge in [-0.25, -0.2) is 4.79 Å². The fourth-order valence-electron chi connectivity index (χ4n) is 2.92. The number of hydrogen-bond acceptors (Lipinski definition) is 5. The molecule has 0 aliphatic carbocycles. The molecule has 1 atom stereocenters. The van der Waals surface area contributed by atoms with Crippen molar-refractivity contribution in [3.63, 3.8) is 0 Å². The molecule has 3 rings (SSSR count). The number of aromatic nitrogens is 1. The van der Waals surface area contributed by atoms with E-state index in [-0.39, 0.29) is 12.1 Å². The molecule has 0 saturated carbocycles. The number of urea groups is 1. The minimum Gasteiger partial charge on any atom is -0.497 e. The van der Waals surface area contributed by atoms with Crippen LogP contribution in [0, 0.1) is 6.92 Å². The first-order chi connectivity index (χ1) is 11.6. The van der Waals surface area contributed by atoms with Gasteiger partial charge in [-0.05, 0) is 19.8 Å². The second kappa shape index (κ2) is 6.82. The number of nitrogens with one attached hydrogen (secondary N) is 1. The summed E-state index contributed by atoms with van der Waals surface area (Å²) < 4.78 is 15.8. The summed E-state index contributed by atoms with van der Waals surface area (Å²) in [6, 6.07) is 6.88. The van der Waals surface area contributed by atoms with Gasteiger partial charge in [0.1, 0.15) is 11.5 Å². The standard InChI is InChI=1S/C17H21N3O4/c1-11-7-16(24-19-11)15-5-4-6-20(15)17(21)18-12-8-13(22-2)10-14(9-12)23-3/h7-10,15H,4-6H2,1-3H3,(H,18,21)/t15-/m0/s1. The Balaban J connectivity index is 1.76. The maximum absolute atomic E-state index is 12.7. The average molecular weight is 331 g/mol. The lowest BCUT2D eigenvalue weighted by atomic mass is 10.1. The van der Waals surface area contributed by atoms with E-state index in [0.29, 0.717) is 23.7 Å². The summed E-state index contributed by atoms with van der Waals surface area (Å²) in [5.41, 5.74) is 1.44. The number of amides is 2. The van der Waals surface area contributed by atoms with Crippen molar-refractivity contribution in [1.29, 1.82) is 0 Å². The van der Waals surface area contributed by atoms with Gasteiger partial charge in [-0.1, -0.05) is 5.16 Å². The van der Waals surface area contributed by atoms with Gasteiger partial charge in [-0.15, -0.1) is 0 Å². The lowest BCUT2D eigenvalue weighted by Crippen LogP contribution is -2.34. The van der Waals surface area contributed by atoms with Gasteiger partial charge in [0.05, 0.1) is 26.0 Å². The van der Waals surface area contributed by atoms with E-state index in [4.69, 9.17) is 14.0 Å². The lowest BCUT2D eigenvalue weighted by Gasteiger charge is -2.23. The van der Waals surface area contributed by atoms with E-state index in [1.807, 2.05) is 13.0 Å². The van der Waals surface area contributed by atoms with Crippen LogP contribution in [0.2, 0.25) is 0 Å². The minimum atomic E-state index is -0.179. The van der Waals surface area contributed by atoms with Gasteiger partial charge in [0.2, 0.25) is 0 Å². The van der Waals surface area contributed by atoms with Gasteiger partial charge in [-0.2, -0.15) is 0 Å². The molecule has 1 aliphatic rings. The molecule has 2 heterocycles. The highest BCUT2D eigenvalue weighted by molar-refractivity contribution is 5.90. The number of aryl methyl sites for hydroxylation is 1. The highest BCUT2D eigenvalue weighted by Crippen LogP contribution is 2.33. The topological polar surface area (TPSA) is 76.8 Å². The molecule has 1 saturated heterocycles. The van der Waals surface area contributed by atoms with Crippen molar-refractivity contribution in [2.75, 3.05) is 26.1 Å². The van der Waals surface area contributed by atoms with Crippen LogP contribution in [-0.4, -0.2) is 36.9 Å². The monoisotopic (exact) mass is 331 g/mol. The number of anilines is 1. The predicted octanol–water partition coefficient (Wildman–Crippen LogP) is 3.37. The summed E-state index contributed by atoms with van der Waals surface area (Å²) in [5.74, 6) is 1.96. The highest BCUT2D eigenvalue weighted by atomic mass is 16.5. The van der Waals surface area contributed by atoms with Crippen molar-refractivity contribution in [1.82, 2.24) is 10.1 Å². The van der Waals surface area contributed by atoms with Gasteiger partial charge in [0.25, 0.3) is 0 Å². The SMILES string of the molecule is COc1cc(NC(=O)N2CCC[C@H]2c2cc(C)no2)cc(OC)c1. The summed E-state index contributed by atoms with van der Waals surface area (Å²) in [6.07, 6.45) is 1.79. The first kappa shape index (κ1) is 16.2. The third kappa shape index (κ3) is 3.29. The maximum Gasteiger partial charge on any atom is 0.322 e. The number of benzene rings is 1. The number of carbonyl (C=O) groups excluding carboxylic acids is 1. The van der Waals surface area contributed by atoms with Crippen LogP contribution in [0.15, 0.2) is 28.8 Å². The van der Waals surface area contributed by atoms with Crippen molar-refractivity contribution in [3.8, 4) is 11.5 Å². The molecule has 2 aromatic rings. The second-order valence-corrected chi connectivity index (χ2v) is 5.75. The summed E-state index contributed by atoms with van der Waals surface area (Å²) in [6.45, 7) is 2.55. The average Bonchev–Trinajstić information content (AvgIpc) is 3.22. The van der Waals surface area contributed by atoms with Crippen molar-refractivity contribution < 1.29 is 18.8 Å². The molecule has 1 aliphatic heterocycles. The number of hydrogen-bond donors (Lipinski definition) is 1. The van der Waals surface area contributed by atoms with Gasteiger partial charge in [0.15, 0.2) is 5.76 Å². The van der Waals surface area contributed by atoms with Crippen LogP contribution in [0.4, 0.5) is 10.5 Å². The number of nitrogens with zero attached hydrogens (tertiary/aromatic N) is 2. The summed E-state index contributed by atoms with van der Waals surface area (Å²) in [4.78, 5) is 14.4. The molecular formula is C17H21N3O4. The molecule has 0 unspecified atom stereocenters. The molecule has 2 amide bonds. The minimum absolute atomic E-state index is 0.0845. The zero-order chi connectivity index (χ0) is 17.1. The van der Waals surface area contributed by atoms with Crippen LogP contribution in [-0.2, 0) is 0 Å². The lowest BCUT2D eigenvalue weighted by molar-refractivity contribution is 0.195. The van der Waals surface area contributed by atoms with E-state index in [9.17, 15) is 4.79 Å². The van der Waals surface area contributed by atoms with Gasteiger partial charge in [0, 0.05) is 36.5 Å². The fourth-order valence-corrected chi connectivity index (χ4v) is 2.92. The molecule has 0 radical (unpaired) electrons. The molecule has 1 aromatic heterocycles. The first-order valence-electron chi connectivity index (χ1n) is 7.84. The quantitative estimate of drug-likeness (QED) is 0.929. The third-order valence-corrected chi connectivity index (χ3v) is 4.09. The molecule has 0 bridgehead atoms. The Morgan fingerprint density at radius 1 is 1.25 bits per heavy atom. The summed E-state index contributed by atoms with van der Waals surface area (Å²) >= 11 is 0. The number of methoxy groups -OCH3 is 2.